The summed E-state index contributed by atoms with van der Waals surface area (Å²) in [4.78, 5) is 43.0. The minimum Gasteiger partial charge on any atom is -0.268 e. The Labute approximate surface area is 150 Å². The average Bonchev–Trinajstić information content (AvgIpc) is 3.26. The van der Waals surface area contributed by atoms with Crippen LogP contribution in [-0.4, -0.2) is 21.2 Å². The number of nitrogens with zero attached hydrogens (tertiary/aromatic N) is 2. The number of fused-ring (bicyclic) bond motifs is 2. The number of rotatable bonds is 2. The molecule has 0 aromatic carbocycles. The zero-order chi connectivity index (χ0) is 17.4. The van der Waals surface area contributed by atoms with Crippen molar-refractivity contribution in [1.82, 2.24) is 20.2 Å². The number of aryl methyl sites for hydroxylation is 2. The quantitative estimate of drug-likeness (QED) is 0.669. The van der Waals surface area contributed by atoms with Gasteiger partial charge in [-0.1, -0.05) is 0 Å². The average molecular weight is 374 g/mol. The van der Waals surface area contributed by atoms with Crippen molar-refractivity contribution in [3.05, 3.63) is 55.1 Å². The van der Waals surface area contributed by atoms with Crippen LogP contribution in [0.1, 0.15) is 43.3 Å². The highest BCUT2D eigenvalue weighted by atomic mass is 32.1. The van der Waals surface area contributed by atoms with Crippen LogP contribution >= 0.6 is 22.7 Å². The van der Waals surface area contributed by atoms with Gasteiger partial charge in [-0.3, -0.25) is 29.6 Å². The van der Waals surface area contributed by atoms with Crippen molar-refractivity contribution in [2.45, 2.75) is 25.7 Å². The largest absolute Gasteiger partial charge is 0.279 e. The number of hydrogen-bond donors (Lipinski definition) is 2. The summed E-state index contributed by atoms with van der Waals surface area (Å²) in [5, 5.41) is 1.71. The van der Waals surface area contributed by atoms with E-state index in [0.29, 0.717) is 9.84 Å². The molecule has 1 aliphatic rings. The first-order valence-electron chi connectivity index (χ1n) is 7.80. The van der Waals surface area contributed by atoms with Crippen LogP contribution in [0.2, 0.25) is 0 Å². The van der Waals surface area contributed by atoms with E-state index < -0.39 is 11.5 Å². The highest BCUT2D eigenvalue weighted by Crippen LogP contribution is 2.29. The predicted molar refractivity (Wildman–Crippen MR) is 95.2 cm³/mol. The molecule has 0 aliphatic heterocycles. The number of amides is 2. The highest BCUT2D eigenvalue weighted by molar-refractivity contribution is 7.15. The molecule has 0 saturated carbocycles. The Kier molecular flexibility index (Phi) is 4.10. The third kappa shape index (κ3) is 2.96. The molecule has 0 fully saturated rings. The predicted octanol–water partition coefficient (Wildman–Crippen LogP) is 1.77. The van der Waals surface area contributed by atoms with Gasteiger partial charge >= 0.3 is 0 Å². The van der Waals surface area contributed by atoms with Gasteiger partial charge in [0.15, 0.2) is 4.96 Å². The summed E-state index contributed by atoms with van der Waals surface area (Å²) in [5.41, 5.74) is 5.30. The van der Waals surface area contributed by atoms with Gasteiger partial charge in [0.25, 0.3) is 17.4 Å². The van der Waals surface area contributed by atoms with Crippen molar-refractivity contribution in [2.75, 3.05) is 0 Å². The number of hydrazine groups is 1. The number of nitrogens with one attached hydrogen (secondary N) is 2. The molecular weight excluding hydrogens is 360 g/mol. The van der Waals surface area contributed by atoms with Crippen molar-refractivity contribution in [3.63, 3.8) is 0 Å². The van der Waals surface area contributed by atoms with E-state index in [9.17, 15) is 14.4 Å². The summed E-state index contributed by atoms with van der Waals surface area (Å²) in [6.07, 6.45) is 7.06. The topological polar surface area (TPSA) is 92.6 Å². The van der Waals surface area contributed by atoms with Crippen molar-refractivity contribution < 1.29 is 9.59 Å². The summed E-state index contributed by atoms with van der Waals surface area (Å²) >= 11 is 2.76. The van der Waals surface area contributed by atoms with Gasteiger partial charge in [0.2, 0.25) is 0 Å². The summed E-state index contributed by atoms with van der Waals surface area (Å²) in [6, 6.07) is 1.88. The van der Waals surface area contributed by atoms with Crippen LogP contribution in [0.25, 0.3) is 4.96 Å². The molecular formula is C16H14N4O3S2. The molecule has 7 nitrogen and oxygen atoms in total. The maximum absolute atomic E-state index is 12.2. The second-order valence-electron chi connectivity index (χ2n) is 5.71. The third-order valence-corrected chi connectivity index (χ3v) is 6.10. The van der Waals surface area contributed by atoms with E-state index >= 15 is 0 Å². The smallest absolute Gasteiger partial charge is 0.268 e. The number of thiazole rings is 1. The van der Waals surface area contributed by atoms with Crippen LogP contribution in [0.3, 0.4) is 0 Å². The van der Waals surface area contributed by atoms with Crippen molar-refractivity contribution in [1.29, 1.82) is 0 Å². The van der Waals surface area contributed by atoms with Crippen LogP contribution in [0.5, 0.6) is 0 Å². The molecule has 3 heterocycles. The zero-order valence-electron chi connectivity index (χ0n) is 13.1. The van der Waals surface area contributed by atoms with E-state index in [4.69, 9.17) is 0 Å². The Balaban J connectivity index is 1.47. The maximum atomic E-state index is 12.2. The van der Waals surface area contributed by atoms with Gasteiger partial charge in [-0.15, -0.1) is 22.7 Å². The molecule has 0 spiro atoms. The lowest BCUT2D eigenvalue weighted by atomic mass is 9.99. The highest BCUT2D eigenvalue weighted by Gasteiger charge is 2.19. The van der Waals surface area contributed by atoms with Crippen LogP contribution in [-0.2, 0) is 12.8 Å². The first kappa shape index (κ1) is 16.0. The second-order valence-corrected chi connectivity index (χ2v) is 7.72. The fourth-order valence-corrected chi connectivity index (χ4v) is 4.65. The van der Waals surface area contributed by atoms with E-state index in [0.717, 1.165) is 25.7 Å². The summed E-state index contributed by atoms with van der Waals surface area (Å²) in [5.74, 6) is -1.06. The molecule has 3 aromatic heterocycles. The first-order chi connectivity index (χ1) is 12.1. The molecule has 25 heavy (non-hydrogen) atoms. The van der Waals surface area contributed by atoms with Gasteiger partial charge in [-0.2, -0.15) is 0 Å². The molecule has 0 atom stereocenters. The number of carbonyl (C=O) groups is 2. The normalized spacial score (nSPS) is 13.4. The van der Waals surface area contributed by atoms with Gasteiger partial charge in [-0.05, 0) is 37.3 Å². The summed E-state index contributed by atoms with van der Waals surface area (Å²) in [6.45, 7) is 0. The van der Waals surface area contributed by atoms with Crippen LogP contribution in [0, 0.1) is 0 Å². The Morgan fingerprint density at radius 3 is 2.80 bits per heavy atom. The molecule has 0 unspecified atom stereocenters. The van der Waals surface area contributed by atoms with Gasteiger partial charge in [0, 0.05) is 22.7 Å². The Morgan fingerprint density at radius 2 is 1.96 bits per heavy atom. The first-order valence-corrected chi connectivity index (χ1v) is 9.50. The summed E-state index contributed by atoms with van der Waals surface area (Å²) < 4.78 is 1.30. The van der Waals surface area contributed by atoms with Crippen LogP contribution in [0.4, 0.5) is 0 Å². The third-order valence-electron chi connectivity index (χ3n) is 4.10. The molecule has 9 heteroatoms. The Bertz CT molecular complexity index is 1010. The van der Waals surface area contributed by atoms with Crippen molar-refractivity contribution in [2.24, 2.45) is 0 Å². The SMILES string of the molecule is O=C(NNC(=O)c1cnc2sccn2c1=O)c1cc2c(s1)CCCC2. The summed E-state index contributed by atoms with van der Waals surface area (Å²) in [7, 11) is 0. The fraction of sp³-hybridized carbons (Fsp3) is 0.250. The van der Waals surface area contributed by atoms with Gasteiger partial charge < -0.3 is 0 Å². The van der Waals surface area contributed by atoms with Crippen LogP contribution in [0.15, 0.2) is 28.6 Å². The standard InChI is InChI=1S/C16H14N4O3S2/c21-13(10-8-17-16-20(15(10)23)5-6-24-16)18-19-14(22)12-7-9-3-1-2-4-11(9)25-12/h5-8H,1-4H2,(H,18,21)(H,19,22). The molecule has 0 saturated heterocycles. The fourth-order valence-electron chi connectivity index (χ4n) is 2.83. The zero-order valence-corrected chi connectivity index (χ0v) is 14.7. The van der Waals surface area contributed by atoms with Crippen molar-refractivity contribution in [3.8, 4) is 0 Å². The molecule has 128 valence electrons. The van der Waals surface area contributed by atoms with E-state index in [1.54, 1.807) is 11.6 Å². The van der Waals surface area contributed by atoms with Crippen LogP contribution < -0.4 is 16.4 Å². The molecule has 0 bridgehead atoms. The van der Waals surface area contributed by atoms with Crippen molar-refractivity contribution >= 4 is 39.4 Å². The Morgan fingerprint density at radius 1 is 1.16 bits per heavy atom. The van der Waals surface area contributed by atoms with Gasteiger partial charge in [0.1, 0.15) is 5.56 Å². The minimum absolute atomic E-state index is 0.123. The minimum atomic E-state index is -0.687. The van der Waals surface area contributed by atoms with E-state index in [2.05, 4.69) is 15.8 Å². The second kappa shape index (κ2) is 6.41. The molecule has 0 radical (unpaired) electrons. The molecule has 2 amide bonds. The van der Waals surface area contributed by atoms with E-state index in [-0.39, 0.29) is 11.5 Å². The molecule has 2 N–H and O–H groups in total. The Hall–Kier alpha value is -2.52. The molecule has 4 rings (SSSR count). The molecule has 1 aliphatic carbocycles. The van der Waals surface area contributed by atoms with E-state index in [1.165, 1.54) is 43.7 Å². The lowest BCUT2D eigenvalue weighted by Gasteiger charge is -2.08. The number of hydrogen-bond acceptors (Lipinski definition) is 6. The number of aromatic nitrogens is 2. The number of carbonyl (C=O) groups excluding carboxylic acids is 2. The number of thiophene rings is 1. The monoisotopic (exact) mass is 374 g/mol. The van der Waals surface area contributed by atoms with Gasteiger partial charge in [-0.25, -0.2) is 4.98 Å². The lowest BCUT2D eigenvalue weighted by molar-refractivity contribution is 0.0847. The molecule has 3 aromatic rings. The van der Waals surface area contributed by atoms with E-state index in [1.807, 2.05) is 6.07 Å². The van der Waals surface area contributed by atoms with Gasteiger partial charge in [0.05, 0.1) is 4.88 Å². The maximum Gasteiger partial charge on any atom is 0.279 e. The lowest BCUT2D eigenvalue weighted by Crippen LogP contribution is -2.43.